The van der Waals surface area contributed by atoms with Crippen LogP contribution in [0.2, 0.25) is 0 Å². The van der Waals surface area contributed by atoms with E-state index in [1.807, 2.05) is 0 Å². The predicted octanol–water partition coefficient (Wildman–Crippen LogP) is 3.17. The number of ether oxygens (including phenoxy) is 3. The number of carboxylic acids is 1. The van der Waals surface area contributed by atoms with Gasteiger partial charge >= 0.3 is 18.0 Å². The van der Waals surface area contributed by atoms with Crippen LogP contribution in [0.3, 0.4) is 0 Å². The van der Waals surface area contributed by atoms with E-state index in [1.54, 1.807) is 56.3 Å². The number of hydrogen-bond donors (Lipinski definition) is 5. The summed E-state index contributed by atoms with van der Waals surface area (Å²) in [6, 6.07) is 13.4. The van der Waals surface area contributed by atoms with E-state index in [4.69, 9.17) is 23.7 Å². The largest absolute Gasteiger partial charge is 0.490 e. The number of hydrazone groups is 1. The van der Waals surface area contributed by atoms with Gasteiger partial charge in [0.25, 0.3) is 0 Å². The Hall–Kier alpha value is -5.30. The summed E-state index contributed by atoms with van der Waals surface area (Å²) in [6.07, 6.45) is 0.189. The molecule has 2 amide bonds. The van der Waals surface area contributed by atoms with Crippen LogP contribution < -0.4 is 25.5 Å². The molecular weight excluding hydrogens is 548 g/mol. The highest BCUT2D eigenvalue weighted by molar-refractivity contribution is 5.95. The van der Waals surface area contributed by atoms with Crippen molar-refractivity contribution in [2.75, 3.05) is 20.3 Å². The van der Waals surface area contributed by atoms with Gasteiger partial charge in [-0.25, -0.2) is 14.4 Å². The minimum atomic E-state index is -1.19. The molecule has 5 N–H and O–H groups in total. The summed E-state index contributed by atoms with van der Waals surface area (Å²) in [5.41, 5.74) is 4.62. The maximum atomic E-state index is 12.4. The molecule has 0 saturated heterocycles. The summed E-state index contributed by atoms with van der Waals surface area (Å²) < 4.78 is 22.0. The Morgan fingerprint density at radius 3 is 2.57 bits per heavy atom. The van der Waals surface area contributed by atoms with E-state index in [-0.39, 0.29) is 17.7 Å². The van der Waals surface area contributed by atoms with Crippen molar-refractivity contribution in [2.45, 2.75) is 26.1 Å². The van der Waals surface area contributed by atoms with Crippen LogP contribution in [0.5, 0.6) is 11.5 Å². The van der Waals surface area contributed by atoms with Crippen LogP contribution in [-0.2, 0) is 9.53 Å². The fourth-order valence-electron chi connectivity index (χ4n) is 4.16. The average molecular weight is 579 g/mol. The quantitative estimate of drug-likeness (QED) is 0.0927. The Balaban J connectivity index is 1.38. The topological polar surface area (TPSA) is 181 Å². The highest BCUT2D eigenvalue weighted by atomic mass is 16.5. The number of nitrogens with one attached hydrogen (secondary N) is 3. The van der Waals surface area contributed by atoms with Crippen molar-refractivity contribution in [3.05, 3.63) is 82.8 Å². The van der Waals surface area contributed by atoms with Gasteiger partial charge < -0.3 is 39.5 Å². The number of carbonyl (C=O) groups excluding carboxylic acids is 2. The molecule has 42 heavy (non-hydrogen) atoms. The zero-order valence-electron chi connectivity index (χ0n) is 23.0. The third-order valence-electron chi connectivity index (χ3n) is 6.13. The van der Waals surface area contributed by atoms with Gasteiger partial charge in [0.1, 0.15) is 18.1 Å². The Kier molecular flexibility index (Phi) is 9.45. The number of hydrogen-bond acceptors (Lipinski definition) is 10. The number of aliphatic hydroxyl groups excluding tert-OH is 1. The van der Waals surface area contributed by atoms with Crippen molar-refractivity contribution in [2.24, 2.45) is 5.10 Å². The molecule has 1 aromatic heterocycles. The number of amides is 2. The number of carboxylic acid groups (broad SMARTS) is 1. The predicted molar refractivity (Wildman–Crippen MR) is 150 cm³/mol. The Morgan fingerprint density at radius 1 is 1.12 bits per heavy atom. The summed E-state index contributed by atoms with van der Waals surface area (Å²) >= 11 is 0. The van der Waals surface area contributed by atoms with Crippen LogP contribution in [0, 0.1) is 0 Å². The maximum absolute atomic E-state index is 12.4. The molecule has 2 heterocycles. The SMILES string of the molecule is CCOc1cc([C@@H]2NC(=O)NC(C)=C2C(=O)OC)ccc1OC[C@H](O)N/N=C\c1ccc(-c2ccc(C(=O)O)cc2)o1. The second-order valence-electron chi connectivity index (χ2n) is 9.00. The van der Waals surface area contributed by atoms with Gasteiger partial charge in [0.15, 0.2) is 17.7 Å². The highest BCUT2D eigenvalue weighted by Gasteiger charge is 2.32. The molecule has 2 aromatic carbocycles. The highest BCUT2D eigenvalue weighted by Crippen LogP contribution is 2.35. The number of nitrogens with zero attached hydrogens (tertiary/aromatic N) is 1. The van der Waals surface area contributed by atoms with Crippen LogP contribution in [0.15, 0.2) is 75.4 Å². The zero-order valence-corrected chi connectivity index (χ0v) is 23.0. The first-order chi connectivity index (χ1) is 20.2. The van der Waals surface area contributed by atoms with Gasteiger partial charge in [-0.1, -0.05) is 18.2 Å². The summed E-state index contributed by atoms with van der Waals surface area (Å²) in [4.78, 5) is 35.5. The lowest BCUT2D eigenvalue weighted by molar-refractivity contribution is -0.136. The van der Waals surface area contributed by atoms with Crippen molar-refractivity contribution in [3.63, 3.8) is 0 Å². The molecule has 0 saturated carbocycles. The monoisotopic (exact) mass is 578 g/mol. The van der Waals surface area contributed by atoms with Gasteiger partial charge in [-0.15, -0.1) is 0 Å². The van der Waals surface area contributed by atoms with E-state index in [2.05, 4.69) is 21.2 Å². The molecule has 0 aliphatic carbocycles. The average Bonchev–Trinajstić information content (AvgIpc) is 3.45. The van der Waals surface area contributed by atoms with Crippen LogP contribution >= 0.6 is 0 Å². The molecule has 1 aliphatic heterocycles. The number of aliphatic hydroxyl groups is 1. The molecule has 0 radical (unpaired) electrons. The van der Waals surface area contributed by atoms with Gasteiger partial charge in [-0.05, 0) is 55.8 Å². The second-order valence-corrected chi connectivity index (χ2v) is 9.00. The summed E-state index contributed by atoms with van der Waals surface area (Å²) in [7, 11) is 1.26. The first-order valence-electron chi connectivity index (χ1n) is 12.9. The number of urea groups is 1. The first kappa shape index (κ1) is 29.7. The number of methoxy groups -OCH3 is 1. The van der Waals surface area contributed by atoms with Gasteiger partial charge in [-0.3, -0.25) is 5.43 Å². The molecule has 0 spiro atoms. The fourth-order valence-corrected chi connectivity index (χ4v) is 4.16. The van der Waals surface area contributed by atoms with Crippen LogP contribution in [-0.4, -0.2) is 60.9 Å². The molecule has 220 valence electrons. The molecule has 13 heteroatoms. The van der Waals surface area contributed by atoms with Crippen molar-refractivity contribution < 1.29 is 43.2 Å². The number of carbonyl (C=O) groups is 3. The Labute approximate surface area is 240 Å². The number of esters is 1. The van der Waals surface area contributed by atoms with E-state index >= 15 is 0 Å². The Morgan fingerprint density at radius 2 is 1.88 bits per heavy atom. The molecule has 2 atom stereocenters. The number of furan rings is 1. The number of allylic oxidation sites excluding steroid dienone is 1. The van der Waals surface area contributed by atoms with Crippen LogP contribution in [0.4, 0.5) is 4.79 Å². The van der Waals surface area contributed by atoms with Crippen molar-refractivity contribution in [1.29, 1.82) is 0 Å². The summed E-state index contributed by atoms with van der Waals surface area (Å²) in [5, 5.41) is 28.6. The second kappa shape index (κ2) is 13.4. The van der Waals surface area contributed by atoms with E-state index in [0.29, 0.717) is 46.5 Å². The lowest BCUT2D eigenvalue weighted by Gasteiger charge is -2.28. The lowest BCUT2D eigenvalue weighted by atomic mass is 9.95. The standard InChI is InChI=1S/C29H30N4O9/c1-4-40-23-13-19(26-25(28(37)39-3)16(2)31-29(38)32-26)9-11-22(23)41-15-24(34)33-30-14-20-10-12-21(42-20)17-5-7-18(8-6-17)27(35)36/h5-14,24,26,33-34H,4,15H2,1-3H3,(H,35,36)(H2,31,32,38)/b30-14-/t24-,26-/m0/s1. The zero-order chi connectivity index (χ0) is 30.2. The fraction of sp³-hybridized carbons (Fsp3) is 0.241. The van der Waals surface area contributed by atoms with Gasteiger partial charge in [0, 0.05) is 11.3 Å². The molecule has 0 fully saturated rings. The molecule has 1 aliphatic rings. The van der Waals surface area contributed by atoms with Gasteiger partial charge in [0.2, 0.25) is 0 Å². The molecule has 13 nitrogen and oxygen atoms in total. The van der Waals surface area contributed by atoms with Crippen molar-refractivity contribution in [1.82, 2.24) is 16.1 Å². The molecular formula is C29H30N4O9. The van der Waals surface area contributed by atoms with E-state index in [0.717, 1.165) is 0 Å². The lowest BCUT2D eigenvalue weighted by Crippen LogP contribution is -2.45. The smallest absolute Gasteiger partial charge is 0.337 e. The van der Waals surface area contributed by atoms with E-state index in [1.165, 1.54) is 25.5 Å². The number of aromatic carboxylic acids is 1. The van der Waals surface area contributed by atoms with Crippen molar-refractivity contribution >= 4 is 24.2 Å². The normalized spacial score (nSPS) is 15.5. The molecule has 0 unspecified atom stereocenters. The van der Waals surface area contributed by atoms with Crippen LogP contribution in [0.25, 0.3) is 11.3 Å². The number of rotatable bonds is 12. The van der Waals surface area contributed by atoms with Gasteiger partial charge in [-0.2, -0.15) is 5.10 Å². The molecule has 0 bridgehead atoms. The van der Waals surface area contributed by atoms with Crippen LogP contribution in [0.1, 0.15) is 41.6 Å². The number of benzene rings is 2. The maximum Gasteiger partial charge on any atom is 0.337 e. The van der Waals surface area contributed by atoms with E-state index in [9.17, 15) is 19.5 Å². The van der Waals surface area contributed by atoms with Crippen molar-refractivity contribution in [3.8, 4) is 22.8 Å². The van der Waals surface area contributed by atoms with Gasteiger partial charge in [0.05, 0.1) is 37.1 Å². The molecule has 4 rings (SSSR count). The molecule has 3 aromatic rings. The first-order valence-corrected chi connectivity index (χ1v) is 12.9. The summed E-state index contributed by atoms with van der Waals surface area (Å²) in [5.74, 6) is 0.0106. The minimum Gasteiger partial charge on any atom is -0.490 e. The third-order valence-corrected chi connectivity index (χ3v) is 6.13. The Bertz CT molecular complexity index is 1510. The summed E-state index contributed by atoms with van der Waals surface area (Å²) in [6.45, 7) is 3.54. The van der Waals surface area contributed by atoms with E-state index < -0.39 is 30.2 Å². The minimum absolute atomic E-state index is 0.173. The third kappa shape index (κ3) is 7.06.